The molecule has 1 heterocycles. The van der Waals surface area contributed by atoms with E-state index in [-0.39, 0.29) is 0 Å². The first-order chi connectivity index (χ1) is 6.69. The van der Waals surface area contributed by atoms with E-state index in [0.717, 1.165) is 25.0 Å². The first-order valence-corrected chi connectivity index (χ1v) is 4.97. The van der Waals surface area contributed by atoms with Crippen molar-refractivity contribution >= 4 is 12.2 Å². The summed E-state index contributed by atoms with van der Waals surface area (Å²) in [4.78, 5) is 12.5. The maximum absolute atomic E-state index is 10.4. The summed E-state index contributed by atoms with van der Waals surface area (Å²) in [6.45, 7) is 4.30. The van der Waals surface area contributed by atoms with E-state index >= 15 is 0 Å². The van der Waals surface area contributed by atoms with Gasteiger partial charge in [-0.05, 0) is 19.4 Å². The van der Waals surface area contributed by atoms with E-state index in [4.69, 9.17) is 4.42 Å². The van der Waals surface area contributed by atoms with Crippen LogP contribution in [0.15, 0.2) is 16.5 Å². The fraction of sp³-hybridized carbons (Fsp3) is 0.545. The van der Waals surface area contributed by atoms with Crippen molar-refractivity contribution in [3.63, 3.8) is 0 Å². The molecule has 0 bridgehead atoms. The largest absolute Gasteiger partial charge is 0.438 e. The fourth-order valence-electron chi connectivity index (χ4n) is 1.42. The van der Waals surface area contributed by atoms with Gasteiger partial charge in [-0.15, -0.1) is 0 Å². The van der Waals surface area contributed by atoms with E-state index in [0.29, 0.717) is 11.8 Å². The van der Waals surface area contributed by atoms with Crippen molar-refractivity contribution in [2.75, 3.05) is 11.9 Å². The summed E-state index contributed by atoms with van der Waals surface area (Å²) in [5.41, 5.74) is 0. The lowest BCUT2D eigenvalue weighted by atomic mass is 10.2. The molecule has 1 rings (SSSR count). The van der Waals surface area contributed by atoms with Crippen LogP contribution in [0.2, 0.25) is 0 Å². The summed E-state index contributed by atoms with van der Waals surface area (Å²) in [5, 5.41) is 0. The lowest BCUT2D eigenvalue weighted by molar-refractivity contribution is 0.110. The number of furan rings is 1. The molecule has 0 radical (unpaired) electrons. The highest BCUT2D eigenvalue weighted by molar-refractivity contribution is 5.71. The molecule has 0 fully saturated rings. The Labute approximate surface area is 84.7 Å². The van der Waals surface area contributed by atoms with Crippen LogP contribution in [0.5, 0.6) is 0 Å². The van der Waals surface area contributed by atoms with Crippen molar-refractivity contribution in [1.82, 2.24) is 0 Å². The van der Waals surface area contributed by atoms with E-state index < -0.39 is 0 Å². The van der Waals surface area contributed by atoms with Crippen molar-refractivity contribution in [2.24, 2.45) is 0 Å². The maximum atomic E-state index is 10.4. The van der Waals surface area contributed by atoms with E-state index in [1.165, 1.54) is 0 Å². The van der Waals surface area contributed by atoms with Gasteiger partial charge in [-0.3, -0.25) is 4.79 Å². The smallest absolute Gasteiger partial charge is 0.196 e. The van der Waals surface area contributed by atoms with Crippen LogP contribution < -0.4 is 4.90 Å². The van der Waals surface area contributed by atoms with Gasteiger partial charge in [0, 0.05) is 19.2 Å². The molecule has 0 amide bonds. The van der Waals surface area contributed by atoms with Crippen molar-refractivity contribution in [3.8, 4) is 0 Å². The Morgan fingerprint density at radius 2 is 2.29 bits per heavy atom. The van der Waals surface area contributed by atoms with Gasteiger partial charge in [-0.2, -0.15) is 0 Å². The minimum absolute atomic E-state index is 0.385. The molecule has 1 aromatic rings. The van der Waals surface area contributed by atoms with Crippen LogP contribution in [0.3, 0.4) is 0 Å². The van der Waals surface area contributed by atoms with Crippen LogP contribution in [-0.2, 0) is 0 Å². The van der Waals surface area contributed by atoms with Crippen LogP contribution in [0.4, 0.5) is 5.88 Å². The second-order valence-electron chi connectivity index (χ2n) is 3.54. The third-order valence-electron chi connectivity index (χ3n) is 2.44. The zero-order valence-corrected chi connectivity index (χ0v) is 8.99. The summed E-state index contributed by atoms with van der Waals surface area (Å²) < 4.78 is 5.32. The third kappa shape index (κ3) is 2.37. The SMILES string of the molecule is CCCC(C)N(C)c1ccc(C=O)o1. The Hall–Kier alpha value is -1.25. The number of carbonyl (C=O) groups excluding carboxylic acids is 1. The highest BCUT2D eigenvalue weighted by atomic mass is 16.4. The van der Waals surface area contributed by atoms with Gasteiger partial charge in [0.25, 0.3) is 0 Å². The molecule has 1 aromatic heterocycles. The number of carbonyl (C=O) groups is 1. The quantitative estimate of drug-likeness (QED) is 0.677. The minimum Gasteiger partial charge on any atom is -0.438 e. The topological polar surface area (TPSA) is 33.5 Å². The Morgan fingerprint density at radius 3 is 2.79 bits per heavy atom. The molecule has 0 aliphatic rings. The molecule has 78 valence electrons. The average Bonchev–Trinajstić information content (AvgIpc) is 2.65. The van der Waals surface area contributed by atoms with Gasteiger partial charge in [0.2, 0.25) is 0 Å². The van der Waals surface area contributed by atoms with E-state index in [1.807, 2.05) is 13.1 Å². The zero-order valence-electron chi connectivity index (χ0n) is 8.99. The lowest BCUT2D eigenvalue weighted by Gasteiger charge is -2.23. The van der Waals surface area contributed by atoms with E-state index in [1.54, 1.807) is 6.07 Å². The molecule has 1 unspecified atom stereocenters. The standard InChI is InChI=1S/C11H17NO2/c1-4-5-9(2)12(3)11-7-6-10(8-13)14-11/h6-9H,4-5H2,1-3H3. The van der Waals surface area contributed by atoms with Gasteiger partial charge in [-0.25, -0.2) is 0 Å². The van der Waals surface area contributed by atoms with E-state index in [2.05, 4.69) is 18.7 Å². The van der Waals surface area contributed by atoms with Crippen molar-refractivity contribution in [3.05, 3.63) is 17.9 Å². The number of anilines is 1. The van der Waals surface area contributed by atoms with Crippen LogP contribution in [0, 0.1) is 0 Å². The molecule has 0 aliphatic carbocycles. The summed E-state index contributed by atoms with van der Waals surface area (Å²) in [5.74, 6) is 1.14. The van der Waals surface area contributed by atoms with Gasteiger partial charge in [0.15, 0.2) is 17.9 Å². The molecule has 0 saturated heterocycles. The lowest BCUT2D eigenvalue weighted by Crippen LogP contribution is -2.28. The normalized spacial score (nSPS) is 12.5. The predicted octanol–water partition coefficient (Wildman–Crippen LogP) is 2.72. The molecule has 0 aliphatic heterocycles. The van der Waals surface area contributed by atoms with Crippen molar-refractivity contribution < 1.29 is 9.21 Å². The Kier molecular flexibility index (Phi) is 3.74. The van der Waals surface area contributed by atoms with Crippen LogP contribution in [-0.4, -0.2) is 19.4 Å². The summed E-state index contributed by atoms with van der Waals surface area (Å²) >= 11 is 0. The molecule has 0 aromatic carbocycles. The van der Waals surface area contributed by atoms with Crippen LogP contribution >= 0.6 is 0 Å². The Morgan fingerprint density at radius 1 is 1.57 bits per heavy atom. The molecule has 0 saturated carbocycles. The summed E-state index contributed by atoms with van der Waals surface area (Å²) in [6, 6.07) is 3.96. The number of hydrogen-bond donors (Lipinski definition) is 0. The van der Waals surface area contributed by atoms with Crippen molar-refractivity contribution in [1.29, 1.82) is 0 Å². The fourth-order valence-corrected chi connectivity index (χ4v) is 1.42. The second-order valence-corrected chi connectivity index (χ2v) is 3.54. The minimum atomic E-state index is 0.385. The number of hydrogen-bond acceptors (Lipinski definition) is 3. The van der Waals surface area contributed by atoms with Gasteiger partial charge in [0.05, 0.1) is 0 Å². The third-order valence-corrected chi connectivity index (χ3v) is 2.44. The molecule has 14 heavy (non-hydrogen) atoms. The first-order valence-electron chi connectivity index (χ1n) is 4.97. The highest BCUT2D eigenvalue weighted by Gasteiger charge is 2.12. The van der Waals surface area contributed by atoms with Crippen LogP contribution in [0.1, 0.15) is 37.2 Å². The Bertz CT molecular complexity index is 293. The summed E-state index contributed by atoms with van der Waals surface area (Å²) in [7, 11) is 1.98. The number of rotatable bonds is 5. The molecule has 3 nitrogen and oxygen atoms in total. The van der Waals surface area contributed by atoms with Gasteiger partial charge in [0.1, 0.15) is 0 Å². The molecular formula is C11H17NO2. The zero-order chi connectivity index (χ0) is 10.6. The van der Waals surface area contributed by atoms with Gasteiger partial charge in [-0.1, -0.05) is 13.3 Å². The predicted molar refractivity (Wildman–Crippen MR) is 56.9 cm³/mol. The Balaban J connectivity index is 2.67. The molecular weight excluding hydrogens is 178 g/mol. The monoisotopic (exact) mass is 195 g/mol. The highest BCUT2D eigenvalue weighted by Crippen LogP contribution is 2.19. The van der Waals surface area contributed by atoms with Gasteiger partial charge >= 0.3 is 0 Å². The molecule has 3 heteroatoms. The van der Waals surface area contributed by atoms with Crippen molar-refractivity contribution in [2.45, 2.75) is 32.7 Å². The number of aldehydes is 1. The van der Waals surface area contributed by atoms with Crippen LogP contribution in [0.25, 0.3) is 0 Å². The van der Waals surface area contributed by atoms with Gasteiger partial charge < -0.3 is 9.32 Å². The summed E-state index contributed by atoms with van der Waals surface area (Å²) in [6.07, 6.45) is 2.99. The number of nitrogens with zero attached hydrogens (tertiary/aromatic N) is 1. The molecule has 0 N–H and O–H groups in total. The van der Waals surface area contributed by atoms with E-state index in [9.17, 15) is 4.79 Å². The molecule has 1 atom stereocenters. The molecule has 0 spiro atoms. The first kappa shape index (κ1) is 10.8. The second kappa shape index (κ2) is 4.84. The average molecular weight is 195 g/mol. The maximum Gasteiger partial charge on any atom is 0.196 e.